The number of para-hydroxylation sites is 1. The number of rotatable bonds is 6. The van der Waals surface area contributed by atoms with Crippen molar-refractivity contribution < 1.29 is 9.31 Å². The quantitative estimate of drug-likeness (QED) is 0.395. The Hall–Kier alpha value is -4.14. The van der Waals surface area contributed by atoms with Crippen LogP contribution in [0.3, 0.4) is 0 Å². The maximum atomic E-state index is 13.3. The van der Waals surface area contributed by atoms with Gasteiger partial charge in [-0.2, -0.15) is 5.10 Å². The first-order valence-electron chi connectivity index (χ1n) is 8.70. The van der Waals surface area contributed by atoms with Crippen LogP contribution in [0.2, 0.25) is 0 Å². The summed E-state index contributed by atoms with van der Waals surface area (Å²) in [6.07, 6.45) is 4.15. The first-order valence-corrected chi connectivity index (χ1v) is 8.70. The highest BCUT2D eigenvalue weighted by Gasteiger charge is 2.13. The summed E-state index contributed by atoms with van der Waals surface area (Å²) in [4.78, 5) is 18.1. The molecular formula is C20H15FN6O2. The average Bonchev–Trinajstić information content (AvgIpc) is 3.18. The lowest BCUT2D eigenvalue weighted by Gasteiger charge is -2.05. The van der Waals surface area contributed by atoms with Crippen molar-refractivity contribution in [3.05, 3.63) is 94.7 Å². The molecule has 0 spiro atoms. The van der Waals surface area contributed by atoms with E-state index in [-0.39, 0.29) is 17.5 Å². The molecule has 4 rings (SSSR count). The Labute approximate surface area is 164 Å². The van der Waals surface area contributed by atoms with Gasteiger partial charge in [0, 0.05) is 23.9 Å². The smallest absolute Gasteiger partial charge is 0.305 e. The number of nitro groups is 1. The molecule has 0 amide bonds. The summed E-state index contributed by atoms with van der Waals surface area (Å²) in [7, 11) is 0. The molecule has 29 heavy (non-hydrogen) atoms. The van der Waals surface area contributed by atoms with Crippen LogP contribution in [0, 0.1) is 15.9 Å². The highest BCUT2D eigenvalue weighted by atomic mass is 19.1. The molecule has 0 aliphatic heterocycles. The standard InChI is InChI=1S/C20H15FN6O2/c21-16-8-6-14(7-9-16)19-15(13-26(25-19)17-4-2-1-3-5-17)10-22-20-23-11-18(12-24-20)27(28)29/h1-9,11-13H,10H2,(H,22,23,24). The van der Waals surface area contributed by atoms with E-state index in [1.807, 2.05) is 36.5 Å². The summed E-state index contributed by atoms with van der Waals surface area (Å²) in [5.74, 6) is -0.0664. The summed E-state index contributed by atoms with van der Waals surface area (Å²) in [6, 6.07) is 15.7. The van der Waals surface area contributed by atoms with Crippen LogP contribution < -0.4 is 5.32 Å². The summed E-state index contributed by atoms with van der Waals surface area (Å²) < 4.78 is 15.1. The van der Waals surface area contributed by atoms with Gasteiger partial charge in [-0.25, -0.2) is 19.0 Å². The topological polar surface area (TPSA) is 98.8 Å². The Morgan fingerprint density at radius 3 is 2.38 bits per heavy atom. The molecular weight excluding hydrogens is 375 g/mol. The van der Waals surface area contributed by atoms with Crippen molar-refractivity contribution in [3.63, 3.8) is 0 Å². The molecule has 0 aliphatic rings. The molecule has 144 valence electrons. The molecule has 0 atom stereocenters. The lowest BCUT2D eigenvalue weighted by molar-refractivity contribution is -0.385. The largest absolute Gasteiger partial charge is 0.350 e. The predicted molar refractivity (Wildman–Crippen MR) is 105 cm³/mol. The van der Waals surface area contributed by atoms with Gasteiger partial charge in [-0.1, -0.05) is 18.2 Å². The van der Waals surface area contributed by atoms with Crippen LogP contribution in [0.5, 0.6) is 0 Å². The zero-order chi connectivity index (χ0) is 20.2. The molecule has 0 radical (unpaired) electrons. The molecule has 4 aromatic rings. The Balaban J connectivity index is 1.64. The number of aromatic nitrogens is 4. The van der Waals surface area contributed by atoms with Crippen LogP contribution in [0.4, 0.5) is 16.0 Å². The minimum Gasteiger partial charge on any atom is -0.350 e. The fourth-order valence-corrected chi connectivity index (χ4v) is 2.78. The van der Waals surface area contributed by atoms with Gasteiger partial charge in [-0.05, 0) is 36.4 Å². The minimum absolute atomic E-state index is 0.181. The number of hydrogen-bond donors (Lipinski definition) is 1. The molecule has 0 unspecified atom stereocenters. The summed E-state index contributed by atoms with van der Waals surface area (Å²) in [6.45, 7) is 0.331. The van der Waals surface area contributed by atoms with E-state index in [0.717, 1.165) is 29.2 Å². The SMILES string of the molecule is O=[N+]([O-])c1cnc(NCc2cn(-c3ccccc3)nc2-c2ccc(F)cc2)nc1. The van der Waals surface area contributed by atoms with Gasteiger partial charge in [-0.3, -0.25) is 10.1 Å². The molecule has 0 saturated heterocycles. The number of nitrogens with one attached hydrogen (secondary N) is 1. The Bertz CT molecular complexity index is 1130. The number of anilines is 1. The van der Waals surface area contributed by atoms with Crippen molar-refractivity contribution in [1.82, 2.24) is 19.7 Å². The van der Waals surface area contributed by atoms with E-state index in [2.05, 4.69) is 20.4 Å². The zero-order valence-electron chi connectivity index (χ0n) is 15.1. The molecule has 0 saturated carbocycles. The van der Waals surface area contributed by atoms with E-state index in [1.54, 1.807) is 16.8 Å². The second-order valence-electron chi connectivity index (χ2n) is 6.17. The third-order valence-corrected chi connectivity index (χ3v) is 4.21. The lowest BCUT2D eigenvalue weighted by atomic mass is 10.1. The summed E-state index contributed by atoms with van der Waals surface area (Å²) >= 11 is 0. The molecule has 2 heterocycles. The molecule has 0 aliphatic carbocycles. The van der Waals surface area contributed by atoms with Gasteiger partial charge >= 0.3 is 5.69 Å². The molecule has 2 aromatic heterocycles. The number of nitrogens with zero attached hydrogens (tertiary/aromatic N) is 5. The van der Waals surface area contributed by atoms with Gasteiger partial charge in [0.25, 0.3) is 0 Å². The van der Waals surface area contributed by atoms with Crippen molar-refractivity contribution in [1.29, 1.82) is 0 Å². The van der Waals surface area contributed by atoms with Crippen LogP contribution in [0.15, 0.2) is 73.2 Å². The highest BCUT2D eigenvalue weighted by molar-refractivity contribution is 5.63. The van der Waals surface area contributed by atoms with Crippen LogP contribution in [0.1, 0.15) is 5.56 Å². The minimum atomic E-state index is -0.555. The second kappa shape index (κ2) is 7.85. The van der Waals surface area contributed by atoms with Crippen LogP contribution in [0.25, 0.3) is 16.9 Å². The predicted octanol–water partition coefficient (Wildman–Crippen LogP) is 3.99. The van der Waals surface area contributed by atoms with Crippen molar-refractivity contribution in [2.75, 3.05) is 5.32 Å². The maximum absolute atomic E-state index is 13.3. The normalized spacial score (nSPS) is 10.7. The third-order valence-electron chi connectivity index (χ3n) is 4.21. The first-order chi connectivity index (χ1) is 14.1. The second-order valence-corrected chi connectivity index (χ2v) is 6.17. The first kappa shape index (κ1) is 18.2. The monoisotopic (exact) mass is 390 g/mol. The molecule has 2 aromatic carbocycles. The summed E-state index contributed by atoms with van der Waals surface area (Å²) in [5, 5.41) is 18.4. The number of hydrogen-bond acceptors (Lipinski definition) is 6. The number of halogens is 1. The van der Waals surface area contributed by atoms with Crippen LogP contribution in [-0.4, -0.2) is 24.7 Å². The molecule has 8 nitrogen and oxygen atoms in total. The van der Waals surface area contributed by atoms with Gasteiger partial charge in [0.1, 0.15) is 18.2 Å². The van der Waals surface area contributed by atoms with Gasteiger partial charge in [-0.15, -0.1) is 0 Å². The van der Waals surface area contributed by atoms with E-state index in [4.69, 9.17) is 0 Å². The number of benzene rings is 2. The lowest BCUT2D eigenvalue weighted by Crippen LogP contribution is -2.04. The van der Waals surface area contributed by atoms with Crippen LogP contribution in [-0.2, 0) is 6.54 Å². The molecule has 1 N–H and O–H groups in total. The van der Waals surface area contributed by atoms with Crippen LogP contribution >= 0.6 is 0 Å². The maximum Gasteiger partial charge on any atom is 0.305 e. The summed E-state index contributed by atoms with van der Waals surface area (Å²) in [5.41, 5.74) is 2.99. The van der Waals surface area contributed by atoms with Crippen molar-refractivity contribution in [3.8, 4) is 16.9 Å². The van der Waals surface area contributed by atoms with Crippen molar-refractivity contribution >= 4 is 11.6 Å². The molecule has 0 bridgehead atoms. The van der Waals surface area contributed by atoms with E-state index in [9.17, 15) is 14.5 Å². The Morgan fingerprint density at radius 1 is 1.03 bits per heavy atom. The van der Waals surface area contributed by atoms with Gasteiger partial charge in [0.2, 0.25) is 5.95 Å². The molecule has 0 fully saturated rings. The van der Waals surface area contributed by atoms with Crippen molar-refractivity contribution in [2.45, 2.75) is 6.54 Å². The van der Waals surface area contributed by atoms with E-state index in [0.29, 0.717) is 12.2 Å². The average molecular weight is 390 g/mol. The molecule has 9 heteroatoms. The highest BCUT2D eigenvalue weighted by Crippen LogP contribution is 2.25. The van der Waals surface area contributed by atoms with E-state index >= 15 is 0 Å². The van der Waals surface area contributed by atoms with E-state index in [1.165, 1.54) is 12.1 Å². The zero-order valence-corrected chi connectivity index (χ0v) is 15.1. The third kappa shape index (κ3) is 4.08. The van der Waals surface area contributed by atoms with Gasteiger partial charge in [0.15, 0.2) is 0 Å². The Kier molecular flexibility index (Phi) is 4.93. The fraction of sp³-hybridized carbons (Fsp3) is 0.0500. The van der Waals surface area contributed by atoms with E-state index < -0.39 is 4.92 Å². The van der Waals surface area contributed by atoms with Gasteiger partial charge in [0.05, 0.1) is 16.3 Å². The van der Waals surface area contributed by atoms with Gasteiger partial charge < -0.3 is 5.32 Å². The van der Waals surface area contributed by atoms with Crippen molar-refractivity contribution in [2.24, 2.45) is 0 Å². The Morgan fingerprint density at radius 2 is 1.72 bits per heavy atom. The fourth-order valence-electron chi connectivity index (χ4n) is 2.78.